The molecule has 0 saturated heterocycles. The molecule has 74 heavy (non-hydrogen) atoms. The molecule has 394 valence electrons. The second-order valence-corrected chi connectivity index (χ2v) is 48.7. The Morgan fingerprint density at radius 1 is 0.216 bits per heavy atom. The van der Waals surface area contributed by atoms with E-state index in [4.69, 9.17) is 0 Å². The van der Waals surface area contributed by atoms with E-state index >= 15 is 0 Å². The molecule has 0 bridgehead atoms. The maximum absolute atomic E-state index is 2.61. The normalized spacial score (nSPS) is 12.3. The van der Waals surface area contributed by atoms with Crippen LogP contribution in [0.25, 0.3) is 44.5 Å². The first kappa shape index (κ1) is 60.4. The Hall–Kier alpha value is -2.84. The van der Waals surface area contributed by atoms with Gasteiger partial charge in [-0.05, 0) is 0 Å². The summed E-state index contributed by atoms with van der Waals surface area (Å²) >= 11 is -3.39. The van der Waals surface area contributed by atoms with E-state index in [2.05, 4.69) is 251 Å². The first-order valence-electron chi connectivity index (χ1n) is 29.2. The third kappa shape index (κ3) is 12.8. The van der Waals surface area contributed by atoms with Crippen LogP contribution in [-0.4, -0.2) is 36.0 Å². The van der Waals surface area contributed by atoms with Gasteiger partial charge in [-0.3, -0.25) is 0 Å². The van der Waals surface area contributed by atoms with Crippen molar-refractivity contribution in [1.82, 2.24) is 0 Å². The number of benzene rings is 6. The van der Waals surface area contributed by atoms with Gasteiger partial charge in [0.1, 0.15) is 0 Å². The Morgan fingerprint density at radius 2 is 0.365 bits per heavy atom. The van der Waals surface area contributed by atoms with E-state index < -0.39 is 36.0 Å². The van der Waals surface area contributed by atoms with Gasteiger partial charge in [0.2, 0.25) is 0 Å². The molecule has 0 atom stereocenters. The van der Waals surface area contributed by atoms with Crippen LogP contribution in [0.4, 0.5) is 0 Å². The zero-order chi connectivity index (χ0) is 54.9. The van der Waals surface area contributed by atoms with Crippen molar-refractivity contribution in [1.29, 1.82) is 0 Å². The molecule has 0 fully saturated rings. The van der Waals surface area contributed by atoms with E-state index in [1.54, 1.807) is 50.8 Å². The molecule has 6 aromatic rings. The molecular weight excluding hydrogens is 1280 g/mol. The summed E-state index contributed by atoms with van der Waals surface area (Å²) in [6.45, 7) is 58.2. The third-order valence-electron chi connectivity index (χ3n) is 16.0. The van der Waals surface area contributed by atoms with E-state index in [0.717, 1.165) is 0 Å². The van der Waals surface area contributed by atoms with Crippen LogP contribution in [-0.2, 0) is 0 Å². The van der Waals surface area contributed by atoms with E-state index in [0.29, 0.717) is 71.0 Å². The van der Waals surface area contributed by atoms with Crippen LogP contribution < -0.4 is 6.25 Å². The average molecular weight is 1380 g/mol. The van der Waals surface area contributed by atoms with Crippen molar-refractivity contribution >= 4 is 42.3 Å². The monoisotopic (exact) mass is 1380 g/mol. The first-order valence-corrected chi connectivity index (χ1v) is 52.1. The van der Waals surface area contributed by atoms with Gasteiger partial charge in [-0.25, -0.2) is 0 Å². The van der Waals surface area contributed by atoms with Gasteiger partial charge >= 0.3 is 476 Å². The van der Waals surface area contributed by atoms with Crippen LogP contribution in [0.3, 0.4) is 0 Å². The molecule has 6 aromatic carbocycles. The molecule has 0 N–H and O–H groups in total. The van der Waals surface area contributed by atoms with Gasteiger partial charge in [-0.15, -0.1) is 0 Å². The van der Waals surface area contributed by atoms with Crippen molar-refractivity contribution in [3.63, 3.8) is 0 Å². The summed E-state index contributed by atoms with van der Waals surface area (Å²) in [5.74, 6) is 5.09. The molecule has 0 aromatic heterocycles. The van der Waals surface area contributed by atoms with Crippen molar-refractivity contribution in [2.24, 2.45) is 0 Å². The Kier molecular flexibility index (Phi) is 20.7. The van der Waals surface area contributed by atoms with Gasteiger partial charge in [0, 0.05) is 0 Å². The van der Waals surface area contributed by atoms with Gasteiger partial charge in [0.15, 0.2) is 0 Å². The van der Waals surface area contributed by atoms with Crippen LogP contribution >= 0.6 is 0 Å². The average Bonchev–Trinajstić information content (AvgIpc) is 3.33. The topological polar surface area (TPSA) is 0 Å². The molecular formula is C72H98Pb2. The van der Waals surface area contributed by atoms with Crippen LogP contribution in [0.5, 0.6) is 0 Å². The summed E-state index contributed by atoms with van der Waals surface area (Å²) in [6.07, 6.45) is 0. The third-order valence-corrected chi connectivity index (χ3v) is 44.0. The molecule has 0 aliphatic heterocycles. The molecule has 0 radical (unpaired) electrons. The summed E-state index contributed by atoms with van der Waals surface area (Å²) < 4.78 is 3.54. The Balaban J connectivity index is 1.97. The number of hydrogen-bond donors (Lipinski definition) is 0. The van der Waals surface area contributed by atoms with E-state index in [1.165, 1.54) is 66.8 Å². The molecule has 0 aliphatic rings. The summed E-state index contributed by atoms with van der Waals surface area (Å²) in [7, 11) is 0. The molecule has 0 unspecified atom stereocenters. The maximum atomic E-state index is 2.61. The summed E-state index contributed by atoms with van der Waals surface area (Å²) in [6, 6.07) is 36.1. The Morgan fingerprint density at radius 3 is 0.486 bits per heavy atom. The zero-order valence-corrected chi connectivity index (χ0v) is 58.8. The minimum atomic E-state index is -1.69. The van der Waals surface area contributed by atoms with E-state index in [1.807, 2.05) is 0 Å². The fourth-order valence-electron chi connectivity index (χ4n) is 11.4. The molecule has 0 aliphatic carbocycles. The standard InChI is InChI=1S/2C36H49.2Pb/c2*1-21(2)29-17-31(23(5)6)35(32(18-29)24(7)8)27-14-13-15-28(16-27)36-33(25(9)10)19-30(22(3)4)20-34(36)26(11)12;;/h2*13-15,17-26H,1-12H3;;. The molecule has 0 heterocycles. The Labute approximate surface area is 471 Å². The molecule has 0 saturated carbocycles. The van der Waals surface area contributed by atoms with Crippen molar-refractivity contribution < 1.29 is 0 Å². The van der Waals surface area contributed by atoms with Crippen molar-refractivity contribution in [2.75, 3.05) is 0 Å². The quantitative estimate of drug-likeness (QED) is 0.0848. The molecule has 0 spiro atoms. The first-order chi connectivity index (χ1) is 34.7. The van der Waals surface area contributed by atoms with Crippen LogP contribution in [0.2, 0.25) is 0 Å². The van der Waals surface area contributed by atoms with Gasteiger partial charge in [0.25, 0.3) is 0 Å². The molecule has 6 rings (SSSR count). The second kappa shape index (κ2) is 25.3. The zero-order valence-electron chi connectivity index (χ0n) is 51.0. The SMILES string of the molecule is CC(C)c1cc(C(C)C)c(-c2cccc(-c3c(C(C)C)cc(C(C)C)cc3C(C)C)[c]2[Pb]#[Pb][c]2c(-c3c(C(C)C)cc(C(C)C)cc3C(C)C)cccc2-c2c(C(C)C)cc(C(C)C)cc2C(C)C)c(C(C)C)c1. The molecule has 0 amide bonds. The van der Waals surface area contributed by atoms with Gasteiger partial charge in [-0.1, -0.05) is 0 Å². The Bertz CT molecular complexity index is 2510. The number of hydrogen-bond acceptors (Lipinski definition) is 0. The van der Waals surface area contributed by atoms with E-state index in [-0.39, 0.29) is 0 Å². The summed E-state index contributed by atoms with van der Waals surface area (Å²) in [5, 5.41) is 0. The summed E-state index contributed by atoms with van der Waals surface area (Å²) in [4.78, 5) is 0. The van der Waals surface area contributed by atoms with Gasteiger partial charge < -0.3 is 0 Å². The molecule has 2 heteroatoms. The second-order valence-electron chi connectivity index (χ2n) is 25.9. The molecule has 0 nitrogen and oxygen atoms in total. The van der Waals surface area contributed by atoms with Gasteiger partial charge in [-0.2, -0.15) is 0 Å². The van der Waals surface area contributed by atoms with Crippen molar-refractivity contribution in [2.45, 2.75) is 237 Å². The fourth-order valence-corrected chi connectivity index (χ4v) is 44.6. The van der Waals surface area contributed by atoms with Crippen LogP contribution in [0.1, 0.15) is 304 Å². The predicted octanol–water partition coefficient (Wildman–Crippen LogP) is 21.1. The van der Waals surface area contributed by atoms with E-state index in [9.17, 15) is 0 Å². The van der Waals surface area contributed by atoms with Crippen molar-refractivity contribution in [3.8, 4) is 44.5 Å². The van der Waals surface area contributed by atoms with Crippen molar-refractivity contribution in [3.05, 3.63) is 152 Å². The van der Waals surface area contributed by atoms with Gasteiger partial charge in [0.05, 0.1) is 0 Å². The summed E-state index contributed by atoms with van der Waals surface area (Å²) in [5.41, 5.74) is 30.5. The predicted molar refractivity (Wildman–Crippen MR) is 334 cm³/mol. The van der Waals surface area contributed by atoms with Crippen LogP contribution in [0.15, 0.2) is 84.9 Å². The van der Waals surface area contributed by atoms with Crippen LogP contribution in [0, 0.1) is 0 Å². The fraction of sp³-hybridized carbons (Fsp3) is 0.500. The number of rotatable bonds is 16. The minimum absolute atomic E-state index is 0.402.